The molecule has 1 aliphatic heterocycles. The number of aliphatic imine (C=N–C) groups is 1. The summed E-state index contributed by atoms with van der Waals surface area (Å²) in [5.74, 6) is 0. The number of piperazine rings is 1. The quantitative estimate of drug-likeness (QED) is 0.759. The zero-order valence-electron chi connectivity index (χ0n) is 14.5. The SMILES string of the molecule is CC/N=C/C1CN(Cc2ccccc2)CCN1Cc1ccccc1. The topological polar surface area (TPSA) is 18.8 Å². The molecule has 1 heterocycles. The summed E-state index contributed by atoms with van der Waals surface area (Å²) >= 11 is 0. The third-order valence-corrected chi connectivity index (χ3v) is 4.56. The van der Waals surface area contributed by atoms with Crippen LogP contribution in [-0.2, 0) is 13.1 Å². The van der Waals surface area contributed by atoms with Crippen LogP contribution in [0.5, 0.6) is 0 Å². The van der Waals surface area contributed by atoms with Crippen LogP contribution in [0.4, 0.5) is 0 Å². The molecule has 3 rings (SSSR count). The summed E-state index contributed by atoms with van der Waals surface area (Å²) < 4.78 is 0. The van der Waals surface area contributed by atoms with Gasteiger partial charge >= 0.3 is 0 Å². The van der Waals surface area contributed by atoms with Crippen molar-refractivity contribution in [3.05, 3.63) is 71.8 Å². The second kappa shape index (κ2) is 8.76. The Morgan fingerprint density at radius 3 is 2.17 bits per heavy atom. The van der Waals surface area contributed by atoms with Gasteiger partial charge in [0.25, 0.3) is 0 Å². The molecule has 1 atom stereocenters. The standard InChI is InChI=1S/C21H27N3/c1-2-22-15-21-18-23(16-19-9-5-3-6-10-19)13-14-24(21)17-20-11-7-4-8-12-20/h3-12,15,21H,2,13-14,16-18H2,1H3/b22-15+. The molecule has 2 aromatic carbocycles. The Bertz CT molecular complexity index is 624. The lowest BCUT2D eigenvalue weighted by molar-refractivity contribution is 0.0975. The average Bonchev–Trinajstić information content (AvgIpc) is 2.63. The van der Waals surface area contributed by atoms with Gasteiger partial charge in [-0.25, -0.2) is 0 Å². The first-order valence-electron chi connectivity index (χ1n) is 8.89. The van der Waals surface area contributed by atoms with Crippen LogP contribution in [0.15, 0.2) is 65.7 Å². The van der Waals surface area contributed by atoms with E-state index in [-0.39, 0.29) is 0 Å². The maximum absolute atomic E-state index is 4.54. The molecule has 0 amide bonds. The molecule has 24 heavy (non-hydrogen) atoms. The molecule has 1 unspecified atom stereocenters. The van der Waals surface area contributed by atoms with Gasteiger partial charge in [-0.05, 0) is 18.1 Å². The largest absolute Gasteiger partial charge is 0.296 e. The first-order chi connectivity index (χ1) is 11.8. The van der Waals surface area contributed by atoms with Gasteiger partial charge in [0.15, 0.2) is 0 Å². The zero-order valence-corrected chi connectivity index (χ0v) is 14.5. The van der Waals surface area contributed by atoms with Gasteiger partial charge in [0.2, 0.25) is 0 Å². The summed E-state index contributed by atoms with van der Waals surface area (Å²) in [5.41, 5.74) is 2.77. The molecule has 0 spiro atoms. The van der Waals surface area contributed by atoms with Gasteiger partial charge in [0.05, 0.1) is 6.04 Å². The molecular formula is C21H27N3. The number of nitrogens with zero attached hydrogens (tertiary/aromatic N) is 3. The molecule has 0 bridgehead atoms. The minimum atomic E-state index is 0.391. The fourth-order valence-electron chi connectivity index (χ4n) is 3.27. The van der Waals surface area contributed by atoms with E-state index in [0.717, 1.165) is 39.3 Å². The van der Waals surface area contributed by atoms with Gasteiger partial charge in [-0.2, -0.15) is 0 Å². The second-order valence-corrected chi connectivity index (χ2v) is 6.39. The Morgan fingerprint density at radius 2 is 1.54 bits per heavy atom. The van der Waals surface area contributed by atoms with Gasteiger partial charge in [-0.3, -0.25) is 14.8 Å². The molecule has 3 heteroatoms. The molecule has 0 aromatic heterocycles. The van der Waals surface area contributed by atoms with Gasteiger partial charge in [0, 0.05) is 45.5 Å². The van der Waals surface area contributed by atoms with Crippen molar-refractivity contribution in [3.8, 4) is 0 Å². The Kier molecular flexibility index (Phi) is 6.16. The van der Waals surface area contributed by atoms with Crippen molar-refractivity contribution in [1.29, 1.82) is 0 Å². The predicted molar refractivity (Wildman–Crippen MR) is 101 cm³/mol. The van der Waals surface area contributed by atoms with Crippen molar-refractivity contribution in [2.75, 3.05) is 26.2 Å². The lowest BCUT2D eigenvalue weighted by Crippen LogP contribution is -2.53. The smallest absolute Gasteiger partial charge is 0.0578 e. The van der Waals surface area contributed by atoms with E-state index >= 15 is 0 Å². The maximum atomic E-state index is 4.54. The van der Waals surface area contributed by atoms with Crippen LogP contribution in [0.1, 0.15) is 18.1 Å². The van der Waals surface area contributed by atoms with Crippen molar-refractivity contribution in [3.63, 3.8) is 0 Å². The van der Waals surface area contributed by atoms with Crippen molar-refractivity contribution < 1.29 is 0 Å². The highest BCUT2D eigenvalue weighted by Crippen LogP contribution is 2.15. The van der Waals surface area contributed by atoms with Gasteiger partial charge < -0.3 is 0 Å². The van der Waals surface area contributed by atoms with Gasteiger partial charge in [-0.15, -0.1) is 0 Å². The van der Waals surface area contributed by atoms with Crippen LogP contribution >= 0.6 is 0 Å². The third kappa shape index (κ3) is 4.76. The lowest BCUT2D eigenvalue weighted by Gasteiger charge is -2.40. The first-order valence-corrected chi connectivity index (χ1v) is 8.89. The van der Waals surface area contributed by atoms with Crippen LogP contribution < -0.4 is 0 Å². The zero-order chi connectivity index (χ0) is 16.6. The molecular weight excluding hydrogens is 294 g/mol. The highest BCUT2D eigenvalue weighted by Gasteiger charge is 2.25. The van der Waals surface area contributed by atoms with E-state index in [2.05, 4.69) is 88.6 Å². The molecule has 0 radical (unpaired) electrons. The van der Waals surface area contributed by atoms with E-state index in [4.69, 9.17) is 0 Å². The van der Waals surface area contributed by atoms with E-state index in [9.17, 15) is 0 Å². The number of hydrogen-bond donors (Lipinski definition) is 0. The Balaban J connectivity index is 1.65. The summed E-state index contributed by atoms with van der Waals surface area (Å²) in [6.07, 6.45) is 2.15. The van der Waals surface area contributed by atoms with E-state index < -0.39 is 0 Å². The van der Waals surface area contributed by atoms with E-state index in [1.807, 2.05) is 0 Å². The van der Waals surface area contributed by atoms with Crippen molar-refractivity contribution in [2.45, 2.75) is 26.1 Å². The molecule has 2 aromatic rings. The normalized spacial score (nSPS) is 19.8. The number of hydrogen-bond acceptors (Lipinski definition) is 3. The van der Waals surface area contributed by atoms with E-state index in [1.165, 1.54) is 11.1 Å². The number of rotatable bonds is 6. The lowest BCUT2D eigenvalue weighted by atomic mass is 10.1. The Morgan fingerprint density at radius 1 is 0.917 bits per heavy atom. The second-order valence-electron chi connectivity index (χ2n) is 6.39. The molecule has 1 aliphatic rings. The molecule has 0 N–H and O–H groups in total. The highest BCUT2D eigenvalue weighted by atomic mass is 15.3. The van der Waals surface area contributed by atoms with Crippen molar-refractivity contribution >= 4 is 6.21 Å². The summed E-state index contributed by atoms with van der Waals surface area (Å²) in [6, 6.07) is 21.9. The van der Waals surface area contributed by atoms with Crippen LogP contribution in [0, 0.1) is 0 Å². The maximum Gasteiger partial charge on any atom is 0.0578 e. The first kappa shape index (κ1) is 16.9. The summed E-state index contributed by atoms with van der Waals surface area (Å²) in [4.78, 5) is 9.63. The third-order valence-electron chi connectivity index (χ3n) is 4.56. The van der Waals surface area contributed by atoms with E-state index in [1.54, 1.807) is 0 Å². The Hall–Kier alpha value is -1.97. The Labute approximate surface area is 145 Å². The minimum absolute atomic E-state index is 0.391. The van der Waals surface area contributed by atoms with Crippen molar-refractivity contribution in [2.24, 2.45) is 4.99 Å². The van der Waals surface area contributed by atoms with Gasteiger partial charge in [-0.1, -0.05) is 60.7 Å². The fourth-order valence-corrected chi connectivity index (χ4v) is 3.27. The van der Waals surface area contributed by atoms with E-state index in [0.29, 0.717) is 6.04 Å². The van der Waals surface area contributed by atoms with Gasteiger partial charge in [0.1, 0.15) is 0 Å². The molecule has 126 valence electrons. The van der Waals surface area contributed by atoms with Crippen LogP contribution in [0.2, 0.25) is 0 Å². The average molecular weight is 321 g/mol. The molecule has 1 fully saturated rings. The minimum Gasteiger partial charge on any atom is -0.296 e. The van der Waals surface area contributed by atoms with Crippen LogP contribution in [0.25, 0.3) is 0 Å². The molecule has 0 saturated carbocycles. The molecule has 3 nitrogen and oxygen atoms in total. The summed E-state index contributed by atoms with van der Waals surface area (Å²) in [7, 11) is 0. The number of benzene rings is 2. The highest BCUT2D eigenvalue weighted by molar-refractivity contribution is 5.65. The predicted octanol–water partition coefficient (Wildman–Crippen LogP) is 3.46. The fraction of sp³-hybridized carbons (Fsp3) is 0.381. The summed E-state index contributed by atoms with van der Waals surface area (Å²) in [6.45, 7) is 8.22. The summed E-state index contributed by atoms with van der Waals surface area (Å²) in [5, 5.41) is 0. The molecule has 1 saturated heterocycles. The van der Waals surface area contributed by atoms with Crippen LogP contribution in [0.3, 0.4) is 0 Å². The monoisotopic (exact) mass is 321 g/mol. The van der Waals surface area contributed by atoms with Crippen molar-refractivity contribution in [1.82, 2.24) is 9.80 Å². The van der Waals surface area contributed by atoms with Crippen LogP contribution in [-0.4, -0.2) is 48.2 Å². The molecule has 0 aliphatic carbocycles.